The van der Waals surface area contributed by atoms with Crippen LogP contribution in [0.5, 0.6) is 0 Å². The highest BCUT2D eigenvalue weighted by Crippen LogP contribution is 2.37. The van der Waals surface area contributed by atoms with Gasteiger partial charge in [0.1, 0.15) is 11.7 Å². The molecular formula is C20H38N2O5Si. The van der Waals surface area contributed by atoms with Crippen molar-refractivity contribution in [2.24, 2.45) is 0 Å². The highest BCUT2D eigenvalue weighted by Gasteiger charge is 2.41. The van der Waals surface area contributed by atoms with E-state index in [4.69, 9.17) is 9.16 Å². The van der Waals surface area contributed by atoms with Gasteiger partial charge in [0.15, 0.2) is 8.32 Å². The van der Waals surface area contributed by atoms with Crippen molar-refractivity contribution in [3.63, 3.8) is 0 Å². The first kappa shape index (κ1) is 24.7. The SMILES string of the molecule is CN(C)C(=O)C1=C[C@@H](CO[Si](C)(C)C(C)(C)C)N(C(=O)OC(C)(C)C)C[C@@H]1O. The predicted molar refractivity (Wildman–Crippen MR) is 113 cm³/mol. The molecule has 0 aliphatic carbocycles. The van der Waals surface area contributed by atoms with Gasteiger partial charge in [-0.2, -0.15) is 0 Å². The van der Waals surface area contributed by atoms with Crippen molar-refractivity contribution < 1.29 is 23.9 Å². The fourth-order valence-corrected chi connectivity index (χ4v) is 3.50. The van der Waals surface area contributed by atoms with Crippen LogP contribution in [0.3, 0.4) is 0 Å². The summed E-state index contributed by atoms with van der Waals surface area (Å²) in [6.45, 7) is 16.3. The van der Waals surface area contributed by atoms with Crippen molar-refractivity contribution in [3.8, 4) is 0 Å². The summed E-state index contributed by atoms with van der Waals surface area (Å²) in [5.41, 5.74) is -0.371. The van der Waals surface area contributed by atoms with Crippen LogP contribution in [0.4, 0.5) is 4.79 Å². The molecule has 1 rings (SSSR count). The Balaban J connectivity index is 3.18. The lowest BCUT2D eigenvalue weighted by Crippen LogP contribution is -2.54. The average molecular weight is 415 g/mol. The zero-order chi connectivity index (χ0) is 22.1. The zero-order valence-electron chi connectivity index (χ0n) is 19.1. The average Bonchev–Trinajstić information content (AvgIpc) is 2.49. The topological polar surface area (TPSA) is 79.3 Å². The second-order valence-corrected chi connectivity index (χ2v) is 14.9. The summed E-state index contributed by atoms with van der Waals surface area (Å²) in [6, 6.07) is -0.480. The molecule has 28 heavy (non-hydrogen) atoms. The van der Waals surface area contributed by atoms with Crippen LogP contribution in [0, 0.1) is 0 Å². The molecule has 0 saturated heterocycles. The number of aliphatic hydroxyl groups excluding tert-OH is 1. The monoisotopic (exact) mass is 414 g/mol. The second kappa shape index (κ2) is 8.55. The van der Waals surface area contributed by atoms with E-state index in [-0.39, 0.29) is 29.7 Å². The third-order valence-electron chi connectivity index (χ3n) is 5.20. The van der Waals surface area contributed by atoms with Gasteiger partial charge in [-0.3, -0.25) is 9.69 Å². The largest absolute Gasteiger partial charge is 0.444 e. The van der Waals surface area contributed by atoms with Crippen LogP contribution in [0.15, 0.2) is 11.6 Å². The lowest BCUT2D eigenvalue weighted by Gasteiger charge is -2.41. The molecular weight excluding hydrogens is 376 g/mol. The minimum absolute atomic E-state index is 0.00808. The van der Waals surface area contributed by atoms with Gasteiger partial charge in [0.25, 0.3) is 5.91 Å². The van der Waals surface area contributed by atoms with E-state index < -0.39 is 32.2 Å². The summed E-state index contributed by atoms with van der Waals surface area (Å²) in [6.07, 6.45) is 0.0580. The van der Waals surface area contributed by atoms with Gasteiger partial charge in [-0.1, -0.05) is 20.8 Å². The predicted octanol–water partition coefficient (Wildman–Crippen LogP) is 3.00. The van der Waals surface area contributed by atoms with Crippen LogP contribution in [0.25, 0.3) is 0 Å². The molecule has 2 atom stereocenters. The normalized spacial score (nSPS) is 21.2. The maximum absolute atomic E-state index is 12.7. The molecule has 0 fully saturated rings. The maximum Gasteiger partial charge on any atom is 0.410 e. The summed E-state index contributed by atoms with van der Waals surface area (Å²) in [5, 5.41) is 10.5. The molecule has 7 nitrogen and oxygen atoms in total. The van der Waals surface area contributed by atoms with E-state index in [1.807, 2.05) is 0 Å². The second-order valence-electron chi connectivity index (χ2n) is 10.1. The Morgan fingerprint density at radius 1 is 1.21 bits per heavy atom. The summed E-state index contributed by atoms with van der Waals surface area (Å²) < 4.78 is 11.8. The number of hydrogen-bond acceptors (Lipinski definition) is 5. The molecule has 1 N–H and O–H groups in total. The Bertz CT molecular complexity index is 617. The smallest absolute Gasteiger partial charge is 0.410 e. The zero-order valence-corrected chi connectivity index (χ0v) is 20.1. The number of aliphatic hydroxyl groups is 1. The highest BCUT2D eigenvalue weighted by atomic mass is 28.4. The van der Waals surface area contributed by atoms with Gasteiger partial charge in [0.2, 0.25) is 0 Å². The van der Waals surface area contributed by atoms with Gasteiger partial charge in [-0.15, -0.1) is 0 Å². The third kappa shape index (κ3) is 6.32. The number of β-amino-alcohol motifs (C(OH)–C–C–N with tert-alkyl or cyclic N) is 1. The number of hydrogen-bond donors (Lipinski definition) is 1. The first-order valence-electron chi connectivity index (χ1n) is 9.71. The van der Waals surface area contributed by atoms with E-state index in [9.17, 15) is 14.7 Å². The van der Waals surface area contributed by atoms with Gasteiger partial charge in [-0.25, -0.2) is 4.79 Å². The van der Waals surface area contributed by atoms with Crippen LogP contribution in [-0.4, -0.2) is 80.2 Å². The lowest BCUT2D eigenvalue weighted by atomic mass is 9.99. The summed E-state index contributed by atoms with van der Waals surface area (Å²) in [5.74, 6) is -0.270. The quantitative estimate of drug-likeness (QED) is 0.716. The Kier molecular flexibility index (Phi) is 7.53. The third-order valence-corrected chi connectivity index (χ3v) is 9.70. The molecule has 1 heterocycles. The number of ether oxygens (including phenoxy) is 1. The number of likely N-dealkylation sites (N-methyl/N-ethyl adjacent to an activating group) is 1. The molecule has 2 amide bonds. The van der Waals surface area contributed by atoms with Crippen molar-refractivity contribution in [3.05, 3.63) is 11.6 Å². The van der Waals surface area contributed by atoms with E-state index >= 15 is 0 Å². The minimum Gasteiger partial charge on any atom is -0.444 e. The fraction of sp³-hybridized carbons (Fsp3) is 0.800. The van der Waals surface area contributed by atoms with Crippen molar-refractivity contribution in [1.82, 2.24) is 9.80 Å². The maximum atomic E-state index is 12.7. The van der Waals surface area contributed by atoms with Crippen molar-refractivity contribution in [2.75, 3.05) is 27.2 Å². The molecule has 0 aromatic rings. The highest BCUT2D eigenvalue weighted by molar-refractivity contribution is 6.74. The molecule has 162 valence electrons. The molecule has 0 aromatic carbocycles. The van der Waals surface area contributed by atoms with Gasteiger partial charge < -0.3 is 19.2 Å². The van der Waals surface area contributed by atoms with Crippen LogP contribution in [0.1, 0.15) is 41.5 Å². The number of rotatable bonds is 4. The van der Waals surface area contributed by atoms with E-state index in [0.717, 1.165) is 0 Å². The molecule has 0 bridgehead atoms. The van der Waals surface area contributed by atoms with Crippen LogP contribution in [0.2, 0.25) is 18.1 Å². The van der Waals surface area contributed by atoms with E-state index in [0.29, 0.717) is 0 Å². The first-order chi connectivity index (χ1) is 12.5. The molecule has 0 radical (unpaired) electrons. The van der Waals surface area contributed by atoms with Gasteiger partial charge in [0, 0.05) is 19.7 Å². The van der Waals surface area contributed by atoms with E-state index in [2.05, 4.69) is 33.9 Å². The van der Waals surface area contributed by atoms with Crippen LogP contribution < -0.4 is 0 Å². The fourth-order valence-electron chi connectivity index (χ4n) is 2.48. The molecule has 0 unspecified atom stereocenters. The molecule has 0 saturated carbocycles. The minimum atomic E-state index is -2.05. The lowest BCUT2D eigenvalue weighted by molar-refractivity contribution is -0.126. The summed E-state index contributed by atoms with van der Waals surface area (Å²) in [4.78, 5) is 28.1. The van der Waals surface area contributed by atoms with Gasteiger partial charge in [0.05, 0.1) is 19.2 Å². The first-order valence-corrected chi connectivity index (χ1v) is 12.6. The number of carbonyl (C=O) groups excluding carboxylic acids is 2. The van der Waals surface area contributed by atoms with Gasteiger partial charge >= 0.3 is 6.09 Å². The van der Waals surface area contributed by atoms with E-state index in [1.165, 1.54) is 9.80 Å². The summed E-state index contributed by atoms with van der Waals surface area (Å²) >= 11 is 0. The molecule has 1 aliphatic heterocycles. The Morgan fingerprint density at radius 2 is 1.75 bits per heavy atom. The molecule has 1 aliphatic rings. The molecule has 8 heteroatoms. The Morgan fingerprint density at radius 3 is 2.18 bits per heavy atom. The van der Waals surface area contributed by atoms with Crippen molar-refractivity contribution >= 4 is 20.3 Å². The summed E-state index contributed by atoms with van der Waals surface area (Å²) in [7, 11) is 1.22. The Labute approximate surface area is 170 Å². The number of carbonyl (C=O) groups is 2. The van der Waals surface area contributed by atoms with Crippen LogP contribution in [-0.2, 0) is 14.0 Å². The van der Waals surface area contributed by atoms with E-state index in [1.54, 1.807) is 40.9 Å². The standard InChI is InChI=1S/C20H38N2O5Si/c1-19(2,3)27-18(25)22-12-16(23)15(17(24)21(7)8)11-14(22)13-26-28(9,10)20(4,5)6/h11,14,16,23H,12-13H2,1-10H3/t14-,16-/m0/s1. The Hall–Kier alpha value is -1.38. The van der Waals surface area contributed by atoms with Crippen molar-refractivity contribution in [2.45, 2.75) is 77.4 Å². The van der Waals surface area contributed by atoms with Crippen LogP contribution >= 0.6 is 0 Å². The number of nitrogens with zero attached hydrogens (tertiary/aromatic N) is 2. The molecule has 0 aromatic heterocycles. The molecule has 0 spiro atoms. The van der Waals surface area contributed by atoms with Gasteiger partial charge in [-0.05, 0) is 45.0 Å². The number of amides is 2. The van der Waals surface area contributed by atoms with Crippen molar-refractivity contribution in [1.29, 1.82) is 0 Å².